The van der Waals surface area contributed by atoms with Gasteiger partial charge in [-0.05, 0) is 25.7 Å². The standard InChI is InChI=1S/C14H16N2O3/c17-13-11-9-6-7-10(19-9)12(11)14(18)16(13)15-8-4-2-1-3-5-8/h6-7,9-12H,1-5H2/t9-,10-,11-,12-/m0/s1. The van der Waals surface area contributed by atoms with Gasteiger partial charge in [0.1, 0.15) is 0 Å². The average Bonchev–Trinajstić information content (AvgIpc) is 3.10. The first-order chi connectivity index (χ1) is 9.25. The normalized spacial score (nSPS) is 40.2. The van der Waals surface area contributed by atoms with Crippen LogP contribution in [0.3, 0.4) is 0 Å². The summed E-state index contributed by atoms with van der Waals surface area (Å²) in [7, 11) is 0. The summed E-state index contributed by atoms with van der Waals surface area (Å²) in [5, 5.41) is 5.47. The van der Waals surface area contributed by atoms with E-state index in [4.69, 9.17) is 4.74 Å². The molecule has 0 unspecified atom stereocenters. The minimum atomic E-state index is -0.338. The van der Waals surface area contributed by atoms with Gasteiger partial charge in [-0.2, -0.15) is 10.1 Å². The second-order valence-electron chi connectivity index (χ2n) is 5.72. The molecular formula is C14H16N2O3. The second-order valence-corrected chi connectivity index (χ2v) is 5.72. The number of hydrogen-bond acceptors (Lipinski definition) is 4. The van der Waals surface area contributed by atoms with Crippen LogP contribution in [-0.2, 0) is 14.3 Å². The van der Waals surface area contributed by atoms with E-state index in [0.29, 0.717) is 0 Å². The second kappa shape index (κ2) is 4.00. The molecule has 2 saturated heterocycles. The van der Waals surface area contributed by atoms with Gasteiger partial charge in [-0.25, -0.2) is 0 Å². The smallest absolute Gasteiger partial charge is 0.256 e. The molecule has 4 rings (SSSR count). The Balaban J connectivity index is 1.62. The van der Waals surface area contributed by atoms with E-state index in [1.165, 1.54) is 6.42 Å². The van der Waals surface area contributed by atoms with Gasteiger partial charge in [0.05, 0.1) is 24.0 Å². The van der Waals surface area contributed by atoms with Crippen LogP contribution in [0.15, 0.2) is 17.3 Å². The SMILES string of the molecule is O=C1[C@@H]2[C@@H](C(=O)N1N=C1CCCCC1)[C@@H]1C=C[C@@H]2O1. The summed E-state index contributed by atoms with van der Waals surface area (Å²) in [6.07, 6.45) is 8.61. The van der Waals surface area contributed by atoms with Gasteiger partial charge in [0.2, 0.25) is 0 Å². The van der Waals surface area contributed by atoms with E-state index in [-0.39, 0.29) is 35.9 Å². The van der Waals surface area contributed by atoms with Gasteiger partial charge in [0, 0.05) is 5.71 Å². The Morgan fingerprint density at radius 2 is 1.58 bits per heavy atom. The topological polar surface area (TPSA) is 59.0 Å². The van der Waals surface area contributed by atoms with Gasteiger partial charge in [-0.15, -0.1) is 0 Å². The van der Waals surface area contributed by atoms with Gasteiger partial charge in [-0.3, -0.25) is 9.59 Å². The number of fused-ring (bicyclic) bond motifs is 5. The Hall–Kier alpha value is -1.49. The molecule has 2 amide bonds. The monoisotopic (exact) mass is 260 g/mol. The Morgan fingerprint density at radius 1 is 1.00 bits per heavy atom. The fourth-order valence-electron chi connectivity index (χ4n) is 3.59. The van der Waals surface area contributed by atoms with Gasteiger partial charge in [-0.1, -0.05) is 18.6 Å². The highest BCUT2D eigenvalue weighted by Crippen LogP contribution is 2.45. The first kappa shape index (κ1) is 11.3. The molecule has 0 spiro atoms. The molecule has 0 aromatic carbocycles. The highest BCUT2D eigenvalue weighted by Gasteiger charge is 2.61. The maximum Gasteiger partial charge on any atom is 0.256 e. The summed E-state index contributed by atoms with van der Waals surface area (Å²) in [6.45, 7) is 0. The lowest BCUT2D eigenvalue weighted by atomic mass is 9.85. The third-order valence-corrected chi connectivity index (χ3v) is 4.56. The van der Waals surface area contributed by atoms with Crippen LogP contribution in [0, 0.1) is 11.8 Å². The van der Waals surface area contributed by atoms with Crippen molar-refractivity contribution in [3.05, 3.63) is 12.2 Å². The van der Waals surface area contributed by atoms with Crippen molar-refractivity contribution in [1.29, 1.82) is 0 Å². The van der Waals surface area contributed by atoms with Crippen molar-refractivity contribution in [2.75, 3.05) is 0 Å². The molecular weight excluding hydrogens is 244 g/mol. The fourth-order valence-corrected chi connectivity index (χ4v) is 3.59. The van der Waals surface area contributed by atoms with Crippen molar-refractivity contribution >= 4 is 17.5 Å². The van der Waals surface area contributed by atoms with Crippen LogP contribution < -0.4 is 0 Å². The first-order valence-corrected chi connectivity index (χ1v) is 7.03. The van der Waals surface area contributed by atoms with Crippen LogP contribution in [0.4, 0.5) is 0 Å². The van der Waals surface area contributed by atoms with E-state index in [9.17, 15) is 9.59 Å². The first-order valence-electron chi connectivity index (χ1n) is 7.03. The van der Waals surface area contributed by atoms with Crippen LogP contribution in [-0.4, -0.2) is 34.7 Å². The number of ether oxygens (including phenoxy) is 1. The van der Waals surface area contributed by atoms with E-state index in [1.54, 1.807) is 0 Å². The predicted octanol–water partition coefficient (Wildman–Crippen LogP) is 1.24. The van der Waals surface area contributed by atoms with Crippen molar-refractivity contribution in [1.82, 2.24) is 5.01 Å². The molecule has 0 N–H and O–H groups in total. The zero-order chi connectivity index (χ0) is 13.0. The summed E-state index contributed by atoms with van der Waals surface area (Å²) >= 11 is 0. The molecule has 0 aromatic rings. The third-order valence-electron chi connectivity index (χ3n) is 4.56. The lowest BCUT2D eigenvalue weighted by molar-refractivity contribution is -0.142. The van der Waals surface area contributed by atoms with Crippen LogP contribution in [0.5, 0.6) is 0 Å². The Morgan fingerprint density at radius 3 is 2.16 bits per heavy atom. The largest absolute Gasteiger partial charge is 0.365 e. The van der Waals surface area contributed by atoms with Crippen LogP contribution in [0.2, 0.25) is 0 Å². The number of hydrazone groups is 1. The number of rotatable bonds is 1. The highest BCUT2D eigenvalue weighted by molar-refractivity contribution is 6.07. The predicted molar refractivity (Wildman–Crippen MR) is 67.2 cm³/mol. The van der Waals surface area contributed by atoms with E-state index in [2.05, 4.69) is 5.10 Å². The Kier molecular flexibility index (Phi) is 2.39. The number of amides is 2. The summed E-state index contributed by atoms with van der Waals surface area (Å²) in [4.78, 5) is 24.7. The molecule has 19 heavy (non-hydrogen) atoms. The highest BCUT2D eigenvalue weighted by atomic mass is 16.5. The molecule has 0 radical (unpaired) electrons. The van der Waals surface area contributed by atoms with E-state index < -0.39 is 0 Å². The fraction of sp³-hybridized carbons (Fsp3) is 0.643. The van der Waals surface area contributed by atoms with Crippen LogP contribution >= 0.6 is 0 Å². The van der Waals surface area contributed by atoms with Crippen LogP contribution in [0.25, 0.3) is 0 Å². The molecule has 2 bridgehead atoms. The lowest BCUT2D eigenvalue weighted by Crippen LogP contribution is -2.31. The molecule has 4 atom stereocenters. The molecule has 3 aliphatic heterocycles. The van der Waals surface area contributed by atoms with Crippen molar-refractivity contribution in [3.63, 3.8) is 0 Å². The van der Waals surface area contributed by atoms with Gasteiger partial charge < -0.3 is 4.74 Å². The maximum atomic E-state index is 12.3. The van der Waals surface area contributed by atoms with E-state index >= 15 is 0 Å². The molecule has 3 heterocycles. The lowest BCUT2D eigenvalue weighted by Gasteiger charge is -2.17. The van der Waals surface area contributed by atoms with Crippen molar-refractivity contribution in [2.24, 2.45) is 16.9 Å². The molecule has 4 aliphatic rings. The third kappa shape index (κ3) is 1.54. The summed E-state index contributed by atoms with van der Waals surface area (Å²) < 4.78 is 5.59. The zero-order valence-electron chi connectivity index (χ0n) is 10.6. The van der Waals surface area contributed by atoms with Crippen LogP contribution in [0.1, 0.15) is 32.1 Å². The minimum Gasteiger partial charge on any atom is -0.365 e. The molecule has 1 aliphatic carbocycles. The Bertz CT molecular complexity index is 473. The average molecular weight is 260 g/mol. The quantitative estimate of drug-likeness (QED) is 0.526. The molecule has 5 nitrogen and oxygen atoms in total. The van der Waals surface area contributed by atoms with Gasteiger partial charge in [0.15, 0.2) is 0 Å². The number of hydrogen-bond donors (Lipinski definition) is 0. The maximum absolute atomic E-state index is 12.3. The number of carbonyl (C=O) groups is 2. The molecule has 0 aromatic heterocycles. The van der Waals surface area contributed by atoms with E-state index in [1.807, 2.05) is 12.2 Å². The molecule has 100 valence electrons. The number of carbonyl (C=O) groups excluding carboxylic acids is 2. The van der Waals surface area contributed by atoms with Crippen molar-refractivity contribution < 1.29 is 14.3 Å². The van der Waals surface area contributed by atoms with Crippen molar-refractivity contribution in [3.8, 4) is 0 Å². The van der Waals surface area contributed by atoms with E-state index in [0.717, 1.165) is 36.4 Å². The minimum absolute atomic E-state index is 0.176. The summed E-state index contributed by atoms with van der Waals surface area (Å²) in [6, 6.07) is 0. The van der Waals surface area contributed by atoms with Crippen molar-refractivity contribution in [2.45, 2.75) is 44.3 Å². The number of imide groups is 1. The summed E-state index contributed by atoms with van der Waals surface area (Å²) in [5.74, 6) is -1.03. The molecule has 5 heteroatoms. The molecule has 1 saturated carbocycles. The Labute approximate surface area is 111 Å². The zero-order valence-corrected chi connectivity index (χ0v) is 10.6. The molecule has 3 fully saturated rings. The van der Waals surface area contributed by atoms with Gasteiger partial charge in [0.25, 0.3) is 11.8 Å². The summed E-state index contributed by atoms with van der Waals surface area (Å²) in [5.41, 5.74) is 0.995. The number of nitrogens with zero attached hydrogens (tertiary/aromatic N) is 2. The van der Waals surface area contributed by atoms with Gasteiger partial charge >= 0.3 is 0 Å².